The van der Waals surface area contributed by atoms with Crippen LogP contribution in [-0.2, 0) is 4.79 Å². The SMILES string of the molecule is COc1ccc(C(=O)C(C(=O)Nc2ccc(C)cc2OC)n2cnc3c(C)ncnc32)cc1. The number of fused-ring (bicyclic) bond motifs is 1. The van der Waals surface area contributed by atoms with Crippen LogP contribution in [0.5, 0.6) is 11.5 Å². The molecule has 168 valence electrons. The highest BCUT2D eigenvalue weighted by molar-refractivity contribution is 6.16. The predicted octanol–water partition coefficient (Wildman–Crippen LogP) is 3.52. The molecule has 0 fully saturated rings. The van der Waals surface area contributed by atoms with Gasteiger partial charge in [-0.2, -0.15) is 0 Å². The summed E-state index contributed by atoms with van der Waals surface area (Å²) in [5, 5.41) is 2.83. The normalized spacial score (nSPS) is 11.8. The van der Waals surface area contributed by atoms with Crippen LogP contribution in [0.3, 0.4) is 0 Å². The zero-order valence-electron chi connectivity index (χ0n) is 18.7. The number of Topliss-reactive ketones (excluding diaryl/α,β-unsaturated/α-hetero) is 1. The fraction of sp³-hybridized carbons (Fsp3) is 0.208. The first-order valence-electron chi connectivity index (χ1n) is 10.2. The number of rotatable bonds is 7. The van der Waals surface area contributed by atoms with E-state index in [4.69, 9.17) is 9.47 Å². The van der Waals surface area contributed by atoms with Crippen LogP contribution in [0.15, 0.2) is 55.1 Å². The number of ketones is 1. The third-order valence-electron chi connectivity index (χ3n) is 5.31. The van der Waals surface area contributed by atoms with E-state index in [1.807, 2.05) is 13.0 Å². The van der Waals surface area contributed by atoms with Crippen LogP contribution in [0.2, 0.25) is 0 Å². The first-order valence-corrected chi connectivity index (χ1v) is 10.2. The average molecular weight is 445 g/mol. The number of carbonyl (C=O) groups excluding carboxylic acids is 2. The quantitative estimate of drug-likeness (QED) is 0.342. The van der Waals surface area contributed by atoms with Crippen molar-refractivity contribution in [3.05, 3.63) is 71.9 Å². The van der Waals surface area contributed by atoms with Gasteiger partial charge in [-0.25, -0.2) is 15.0 Å². The van der Waals surface area contributed by atoms with Crippen molar-refractivity contribution in [1.82, 2.24) is 19.5 Å². The molecule has 9 nitrogen and oxygen atoms in total. The van der Waals surface area contributed by atoms with E-state index < -0.39 is 17.7 Å². The Hall–Kier alpha value is -4.27. The lowest BCUT2D eigenvalue weighted by Crippen LogP contribution is -2.32. The molecule has 1 unspecified atom stereocenters. The predicted molar refractivity (Wildman–Crippen MR) is 123 cm³/mol. The maximum atomic E-state index is 13.6. The van der Waals surface area contributed by atoms with Gasteiger partial charge in [0.15, 0.2) is 17.5 Å². The summed E-state index contributed by atoms with van der Waals surface area (Å²) in [5.74, 6) is 0.131. The van der Waals surface area contributed by atoms with Crippen molar-refractivity contribution >= 4 is 28.5 Å². The van der Waals surface area contributed by atoms with E-state index in [0.29, 0.717) is 39.6 Å². The monoisotopic (exact) mass is 445 g/mol. The molecule has 2 heterocycles. The van der Waals surface area contributed by atoms with Crippen molar-refractivity contribution in [2.45, 2.75) is 19.9 Å². The Morgan fingerprint density at radius 2 is 1.73 bits per heavy atom. The number of imidazole rings is 1. The topological polar surface area (TPSA) is 108 Å². The number of nitrogens with one attached hydrogen (secondary N) is 1. The molecule has 0 aliphatic carbocycles. The fourth-order valence-corrected chi connectivity index (χ4v) is 3.55. The largest absolute Gasteiger partial charge is 0.497 e. The first-order chi connectivity index (χ1) is 15.9. The molecule has 9 heteroatoms. The number of hydrogen-bond acceptors (Lipinski definition) is 7. The van der Waals surface area contributed by atoms with Gasteiger partial charge in [0, 0.05) is 5.56 Å². The molecule has 0 aliphatic heterocycles. The van der Waals surface area contributed by atoms with Gasteiger partial charge in [-0.05, 0) is 55.8 Å². The Bertz CT molecular complexity index is 1330. The van der Waals surface area contributed by atoms with Gasteiger partial charge in [-0.1, -0.05) is 6.07 Å². The van der Waals surface area contributed by atoms with E-state index in [1.165, 1.54) is 24.3 Å². The number of nitrogens with zero attached hydrogens (tertiary/aromatic N) is 4. The molecule has 33 heavy (non-hydrogen) atoms. The van der Waals surface area contributed by atoms with E-state index in [0.717, 1.165) is 5.56 Å². The maximum Gasteiger partial charge on any atom is 0.255 e. The summed E-state index contributed by atoms with van der Waals surface area (Å²) in [7, 11) is 3.06. The van der Waals surface area contributed by atoms with Crippen LogP contribution < -0.4 is 14.8 Å². The Balaban J connectivity index is 1.79. The molecule has 0 saturated carbocycles. The van der Waals surface area contributed by atoms with Gasteiger partial charge >= 0.3 is 0 Å². The summed E-state index contributed by atoms with van der Waals surface area (Å²) in [6.45, 7) is 3.71. The highest BCUT2D eigenvalue weighted by Crippen LogP contribution is 2.28. The van der Waals surface area contributed by atoms with Crippen LogP contribution in [0.25, 0.3) is 11.2 Å². The second-order valence-electron chi connectivity index (χ2n) is 7.47. The van der Waals surface area contributed by atoms with E-state index in [2.05, 4.69) is 20.3 Å². The highest BCUT2D eigenvalue weighted by Gasteiger charge is 2.32. The van der Waals surface area contributed by atoms with Gasteiger partial charge < -0.3 is 14.8 Å². The molecule has 4 aromatic rings. The van der Waals surface area contributed by atoms with E-state index in [9.17, 15) is 9.59 Å². The van der Waals surface area contributed by atoms with Crippen LogP contribution in [0.4, 0.5) is 5.69 Å². The molecule has 0 bridgehead atoms. The van der Waals surface area contributed by atoms with E-state index in [1.54, 1.807) is 50.4 Å². The van der Waals surface area contributed by atoms with Crippen LogP contribution in [0.1, 0.15) is 27.7 Å². The van der Waals surface area contributed by atoms with Crippen LogP contribution in [0, 0.1) is 13.8 Å². The smallest absolute Gasteiger partial charge is 0.255 e. The van der Waals surface area contributed by atoms with Gasteiger partial charge in [0.2, 0.25) is 0 Å². The molecule has 0 aliphatic rings. The minimum atomic E-state index is -1.26. The zero-order valence-corrected chi connectivity index (χ0v) is 18.7. The summed E-state index contributed by atoms with van der Waals surface area (Å²) in [4.78, 5) is 39.9. The average Bonchev–Trinajstić information content (AvgIpc) is 3.25. The molecular formula is C24H23N5O4. The van der Waals surface area contributed by atoms with Crippen LogP contribution >= 0.6 is 0 Å². The Morgan fingerprint density at radius 1 is 0.970 bits per heavy atom. The molecule has 1 amide bonds. The standard InChI is InChI=1S/C24H23N5O4/c1-14-5-10-18(19(11-14)33-4)28-24(31)21(22(30)16-6-8-17(32-3)9-7-16)29-13-27-20-15(2)25-12-26-23(20)29/h5-13,21H,1-4H3,(H,28,31). The second-order valence-corrected chi connectivity index (χ2v) is 7.47. The van der Waals surface area contributed by atoms with Gasteiger partial charge in [-0.3, -0.25) is 14.2 Å². The molecule has 0 spiro atoms. The third-order valence-corrected chi connectivity index (χ3v) is 5.31. The zero-order chi connectivity index (χ0) is 23.5. The summed E-state index contributed by atoms with van der Waals surface area (Å²) in [6.07, 6.45) is 2.82. The number of carbonyl (C=O) groups is 2. The van der Waals surface area contributed by atoms with Crippen molar-refractivity contribution < 1.29 is 19.1 Å². The number of aryl methyl sites for hydroxylation is 2. The van der Waals surface area contributed by atoms with Gasteiger partial charge in [0.25, 0.3) is 5.91 Å². The summed E-state index contributed by atoms with van der Waals surface area (Å²) in [5.41, 5.74) is 3.33. The summed E-state index contributed by atoms with van der Waals surface area (Å²) in [6, 6.07) is 10.7. The lowest BCUT2D eigenvalue weighted by molar-refractivity contribution is -0.118. The number of aromatic nitrogens is 4. The van der Waals surface area contributed by atoms with Crippen molar-refractivity contribution in [1.29, 1.82) is 0 Å². The minimum absolute atomic E-state index is 0.347. The van der Waals surface area contributed by atoms with Gasteiger partial charge in [-0.15, -0.1) is 0 Å². The molecular weight excluding hydrogens is 422 g/mol. The number of anilines is 1. The second kappa shape index (κ2) is 9.07. The number of methoxy groups -OCH3 is 2. The van der Waals surface area contributed by atoms with Crippen molar-refractivity contribution in [3.63, 3.8) is 0 Å². The molecule has 4 rings (SSSR count). The molecule has 0 saturated heterocycles. The Labute approximate surface area is 190 Å². The van der Waals surface area contributed by atoms with Gasteiger partial charge in [0.1, 0.15) is 23.3 Å². The number of amides is 1. The fourth-order valence-electron chi connectivity index (χ4n) is 3.55. The highest BCUT2D eigenvalue weighted by atomic mass is 16.5. The van der Waals surface area contributed by atoms with Crippen molar-refractivity contribution in [2.75, 3.05) is 19.5 Å². The third kappa shape index (κ3) is 4.25. The van der Waals surface area contributed by atoms with Crippen molar-refractivity contribution in [2.24, 2.45) is 0 Å². The lowest BCUT2D eigenvalue weighted by atomic mass is 10.0. The number of hydrogen-bond donors (Lipinski definition) is 1. The molecule has 0 radical (unpaired) electrons. The molecule has 2 aromatic heterocycles. The van der Waals surface area contributed by atoms with Gasteiger partial charge in [0.05, 0.1) is 31.9 Å². The van der Waals surface area contributed by atoms with E-state index >= 15 is 0 Å². The van der Waals surface area contributed by atoms with Crippen LogP contribution in [-0.4, -0.2) is 45.4 Å². The lowest BCUT2D eigenvalue weighted by Gasteiger charge is -2.19. The first kappa shape index (κ1) is 21.9. The minimum Gasteiger partial charge on any atom is -0.497 e. The number of benzene rings is 2. The Kier molecular flexibility index (Phi) is 6.03. The summed E-state index contributed by atoms with van der Waals surface area (Å²) >= 11 is 0. The Morgan fingerprint density at radius 3 is 2.42 bits per heavy atom. The number of ether oxygens (including phenoxy) is 2. The van der Waals surface area contributed by atoms with E-state index in [-0.39, 0.29) is 0 Å². The summed E-state index contributed by atoms with van der Waals surface area (Å²) < 4.78 is 12.0. The molecule has 1 atom stereocenters. The maximum absolute atomic E-state index is 13.6. The molecule has 2 aromatic carbocycles. The molecule has 1 N–H and O–H groups in total. The van der Waals surface area contributed by atoms with Crippen molar-refractivity contribution in [3.8, 4) is 11.5 Å².